The first-order valence-corrected chi connectivity index (χ1v) is 6.47. The van der Waals surface area contributed by atoms with Crippen LogP contribution in [0.1, 0.15) is 19.5 Å². The Morgan fingerprint density at radius 2 is 2.00 bits per heavy atom. The van der Waals surface area contributed by atoms with Crippen molar-refractivity contribution in [2.75, 3.05) is 5.88 Å². The Kier molecular flexibility index (Phi) is 4.20. The number of ether oxygens (including phenoxy) is 1. The van der Waals surface area contributed by atoms with Crippen molar-refractivity contribution in [3.05, 3.63) is 36.2 Å². The van der Waals surface area contributed by atoms with Crippen molar-refractivity contribution in [1.82, 2.24) is 15.0 Å². The summed E-state index contributed by atoms with van der Waals surface area (Å²) in [7, 11) is 0. The molecule has 1 aromatic heterocycles. The van der Waals surface area contributed by atoms with Crippen LogP contribution in [-0.2, 0) is 6.42 Å². The van der Waals surface area contributed by atoms with Crippen LogP contribution in [-0.4, -0.2) is 27.0 Å². The summed E-state index contributed by atoms with van der Waals surface area (Å²) in [6, 6.07) is 7.77. The van der Waals surface area contributed by atoms with Crippen LogP contribution >= 0.6 is 11.6 Å². The third-order valence-electron chi connectivity index (χ3n) is 2.36. The first-order valence-electron chi connectivity index (χ1n) is 5.93. The lowest BCUT2D eigenvalue weighted by atomic mass is 10.3. The molecule has 0 radical (unpaired) electrons. The topological polar surface area (TPSA) is 39.9 Å². The normalized spacial score (nSPS) is 10.9. The predicted octanol–water partition coefficient (Wildman–Crippen LogP) is 2.84. The van der Waals surface area contributed by atoms with Gasteiger partial charge in [0.05, 0.1) is 23.7 Å². The molecule has 0 aliphatic heterocycles. The van der Waals surface area contributed by atoms with Crippen LogP contribution in [0.25, 0.3) is 5.69 Å². The summed E-state index contributed by atoms with van der Waals surface area (Å²) in [5, 5.41) is 8.11. The van der Waals surface area contributed by atoms with Crippen molar-refractivity contribution in [2.24, 2.45) is 0 Å². The van der Waals surface area contributed by atoms with E-state index in [1.54, 1.807) is 4.68 Å². The molecule has 0 N–H and O–H groups in total. The SMILES string of the molecule is CC(C)Oc1ccc(-n2cc(CCCl)nn2)cc1. The lowest BCUT2D eigenvalue weighted by Crippen LogP contribution is -2.05. The third-order valence-corrected chi connectivity index (χ3v) is 2.55. The molecule has 96 valence electrons. The highest BCUT2D eigenvalue weighted by Crippen LogP contribution is 2.16. The van der Waals surface area contributed by atoms with E-state index in [0.29, 0.717) is 5.88 Å². The van der Waals surface area contributed by atoms with Crippen LogP contribution in [0.4, 0.5) is 0 Å². The minimum Gasteiger partial charge on any atom is -0.491 e. The van der Waals surface area contributed by atoms with Gasteiger partial charge >= 0.3 is 0 Å². The van der Waals surface area contributed by atoms with Crippen LogP contribution in [0, 0.1) is 0 Å². The van der Waals surface area contributed by atoms with Crippen LogP contribution in [0.15, 0.2) is 30.5 Å². The first-order chi connectivity index (χ1) is 8.69. The molecule has 0 atom stereocenters. The van der Waals surface area contributed by atoms with E-state index >= 15 is 0 Å². The van der Waals surface area contributed by atoms with Gasteiger partial charge in [-0.2, -0.15) is 0 Å². The lowest BCUT2D eigenvalue weighted by Gasteiger charge is -2.09. The maximum atomic E-state index is 5.67. The summed E-state index contributed by atoms with van der Waals surface area (Å²) >= 11 is 5.67. The van der Waals surface area contributed by atoms with E-state index in [1.165, 1.54) is 0 Å². The fourth-order valence-electron chi connectivity index (χ4n) is 1.59. The van der Waals surface area contributed by atoms with Gasteiger partial charge < -0.3 is 4.74 Å². The zero-order valence-corrected chi connectivity index (χ0v) is 11.3. The van der Waals surface area contributed by atoms with E-state index in [-0.39, 0.29) is 6.10 Å². The smallest absolute Gasteiger partial charge is 0.119 e. The summed E-state index contributed by atoms with van der Waals surface area (Å²) in [6.07, 6.45) is 2.80. The standard InChI is InChI=1S/C13H16ClN3O/c1-10(2)18-13-5-3-12(4-6-13)17-9-11(7-8-14)15-16-17/h3-6,9-10H,7-8H2,1-2H3. The minimum absolute atomic E-state index is 0.178. The molecule has 0 aliphatic carbocycles. The zero-order chi connectivity index (χ0) is 13.0. The van der Waals surface area contributed by atoms with Crippen molar-refractivity contribution in [3.8, 4) is 11.4 Å². The van der Waals surface area contributed by atoms with Crippen LogP contribution < -0.4 is 4.74 Å². The number of aromatic nitrogens is 3. The maximum Gasteiger partial charge on any atom is 0.119 e. The Balaban J connectivity index is 2.12. The second-order valence-electron chi connectivity index (χ2n) is 4.25. The molecule has 2 rings (SSSR count). The Morgan fingerprint density at radius 1 is 1.28 bits per heavy atom. The molecule has 0 spiro atoms. The number of hydrogen-bond donors (Lipinski definition) is 0. The molecule has 0 saturated carbocycles. The van der Waals surface area contributed by atoms with Gasteiger partial charge in [0.15, 0.2) is 0 Å². The molecule has 0 fully saturated rings. The van der Waals surface area contributed by atoms with Crippen molar-refractivity contribution < 1.29 is 4.74 Å². The fraction of sp³-hybridized carbons (Fsp3) is 0.385. The number of aryl methyl sites for hydroxylation is 1. The highest BCUT2D eigenvalue weighted by atomic mass is 35.5. The van der Waals surface area contributed by atoms with Gasteiger partial charge in [0.25, 0.3) is 0 Å². The largest absolute Gasteiger partial charge is 0.491 e. The van der Waals surface area contributed by atoms with E-state index in [0.717, 1.165) is 23.6 Å². The highest BCUT2D eigenvalue weighted by Gasteiger charge is 2.03. The summed E-state index contributed by atoms with van der Waals surface area (Å²) in [6.45, 7) is 4.01. The van der Waals surface area contributed by atoms with Crippen LogP contribution in [0.5, 0.6) is 5.75 Å². The lowest BCUT2D eigenvalue weighted by molar-refractivity contribution is 0.242. The number of alkyl halides is 1. The van der Waals surface area contributed by atoms with Gasteiger partial charge in [0.2, 0.25) is 0 Å². The molecule has 18 heavy (non-hydrogen) atoms. The summed E-state index contributed by atoms with van der Waals surface area (Å²) in [4.78, 5) is 0. The summed E-state index contributed by atoms with van der Waals surface area (Å²) in [5.74, 6) is 1.41. The van der Waals surface area contributed by atoms with Gasteiger partial charge in [-0.15, -0.1) is 16.7 Å². The molecule has 2 aromatic rings. The quantitative estimate of drug-likeness (QED) is 0.781. The molecule has 1 heterocycles. The fourth-order valence-corrected chi connectivity index (χ4v) is 1.78. The molecule has 5 heteroatoms. The highest BCUT2D eigenvalue weighted by molar-refractivity contribution is 6.17. The van der Waals surface area contributed by atoms with Gasteiger partial charge in [0.1, 0.15) is 5.75 Å². The van der Waals surface area contributed by atoms with Gasteiger partial charge in [-0.1, -0.05) is 5.21 Å². The van der Waals surface area contributed by atoms with Crippen molar-refractivity contribution >= 4 is 11.6 Å². The first kappa shape index (κ1) is 12.9. The van der Waals surface area contributed by atoms with E-state index in [2.05, 4.69) is 10.3 Å². The summed E-state index contributed by atoms with van der Waals surface area (Å²) in [5.41, 5.74) is 1.85. The molecular weight excluding hydrogens is 250 g/mol. The molecule has 0 amide bonds. The Bertz CT molecular complexity index is 493. The molecule has 0 aliphatic rings. The van der Waals surface area contributed by atoms with Gasteiger partial charge in [-0.3, -0.25) is 0 Å². The molecule has 4 nitrogen and oxygen atoms in total. The van der Waals surface area contributed by atoms with E-state index in [9.17, 15) is 0 Å². The maximum absolute atomic E-state index is 5.67. The Labute approximate surface area is 112 Å². The monoisotopic (exact) mass is 265 g/mol. The van der Waals surface area contributed by atoms with Gasteiger partial charge in [0, 0.05) is 12.3 Å². The predicted molar refractivity (Wildman–Crippen MR) is 71.5 cm³/mol. The average molecular weight is 266 g/mol. The second-order valence-corrected chi connectivity index (χ2v) is 4.63. The molecular formula is C13H16ClN3O. The van der Waals surface area contributed by atoms with Crippen LogP contribution in [0.2, 0.25) is 0 Å². The average Bonchev–Trinajstić information content (AvgIpc) is 2.78. The number of halogens is 1. The Hall–Kier alpha value is -1.55. The van der Waals surface area contributed by atoms with Gasteiger partial charge in [-0.05, 0) is 38.1 Å². The van der Waals surface area contributed by atoms with E-state index in [1.807, 2.05) is 44.3 Å². The number of nitrogens with zero attached hydrogens (tertiary/aromatic N) is 3. The summed E-state index contributed by atoms with van der Waals surface area (Å²) < 4.78 is 7.32. The van der Waals surface area contributed by atoms with Crippen molar-refractivity contribution in [3.63, 3.8) is 0 Å². The van der Waals surface area contributed by atoms with E-state index in [4.69, 9.17) is 16.3 Å². The number of benzene rings is 1. The zero-order valence-electron chi connectivity index (χ0n) is 10.5. The van der Waals surface area contributed by atoms with Crippen molar-refractivity contribution in [2.45, 2.75) is 26.4 Å². The second kappa shape index (κ2) is 5.87. The van der Waals surface area contributed by atoms with Gasteiger partial charge in [-0.25, -0.2) is 4.68 Å². The number of hydrogen-bond acceptors (Lipinski definition) is 3. The molecule has 0 unspecified atom stereocenters. The molecule has 0 saturated heterocycles. The Morgan fingerprint density at radius 3 is 2.61 bits per heavy atom. The molecule has 0 bridgehead atoms. The molecule has 1 aromatic carbocycles. The minimum atomic E-state index is 0.178. The third kappa shape index (κ3) is 3.23. The van der Waals surface area contributed by atoms with Crippen molar-refractivity contribution in [1.29, 1.82) is 0 Å². The van der Waals surface area contributed by atoms with E-state index < -0.39 is 0 Å². The van der Waals surface area contributed by atoms with Crippen LogP contribution in [0.3, 0.4) is 0 Å². The number of rotatable bonds is 5.